The molecule has 1 atom stereocenters. The van der Waals surface area contributed by atoms with Gasteiger partial charge in [-0.15, -0.1) is 11.3 Å². The van der Waals surface area contributed by atoms with Gasteiger partial charge in [0.1, 0.15) is 0 Å². The highest BCUT2D eigenvalue weighted by molar-refractivity contribution is 7.09. The van der Waals surface area contributed by atoms with Gasteiger partial charge in [-0.05, 0) is 49.0 Å². The Morgan fingerprint density at radius 2 is 2.00 bits per heavy atom. The molecule has 1 fully saturated rings. The molecule has 0 spiro atoms. The van der Waals surface area contributed by atoms with Gasteiger partial charge < -0.3 is 10.6 Å². The quantitative estimate of drug-likeness (QED) is 0.759. The molecule has 0 saturated carbocycles. The Kier molecular flexibility index (Phi) is 6.53. The molecule has 2 amide bonds. The number of nitrogens with zero attached hydrogens (tertiary/aromatic N) is 1. The molecule has 1 aromatic carbocycles. The third-order valence-electron chi connectivity index (χ3n) is 4.18. The Morgan fingerprint density at radius 1 is 1.23 bits per heavy atom. The Balaban J connectivity index is 1.55. The van der Waals surface area contributed by atoms with Gasteiger partial charge in [0.15, 0.2) is 0 Å². The van der Waals surface area contributed by atoms with Crippen LogP contribution in [0.4, 0.5) is 5.69 Å². The van der Waals surface area contributed by atoms with Crippen molar-refractivity contribution in [3.05, 3.63) is 50.6 Å². The molecular formula is C18H19Cl2N3O2S. The standard InChI is InChI=1S/C18H19Cl2N3O2S/c19-12-7-13(20)9-14(8-12)22-18(25)16-4-1-5-23(16)11-17(24)21-10-15-3-2-6-26-15/h2-3,6-9,16H,1,4-5,10-11H2,(H,21,24)(H,22,25). The average molecular weight is 412 g/mol. The number of nitrogens with one attached hydrogen (secondary N) is 2. The van der Waals surface area contributed by atoms with Crippen molar-refractivity contribution in [1.82, 2.24) is 10.2 Å². The van der Waals surface area contributed by atoms with Crippen molar-refractivity contribution in [3.8, 4) is 0 Å². The number of amides is 2. The highest BCUT2D eigenvalue weighted by atomic mass is 35.5. The number of carbonyl (C=O) groups excluding carboxylic acids is 2. The lowest BCUT2D eigenvalue weighted by Crippen LogP contribution is -2.44. The number of likely N-dealkylation sites (tertiary alicyclic amines) is 1. The van der Waals surface area contributed by atoms with Crippen LogP contribution in [0.5, 0.6) is 0 Å². The highest BCUT2D eigenvalue weighted by Gasteiger charge is 2.31. The van der Waals surface area contributed by atoms with Crippen LogP contribution in [0.3, 0.4) is 0 Å². The Bertz CT molecular complexity index is 762. The smallest absolute Gasteiger partial charge is 0.241 e. The number of anilines is 1. The number of hydrogen-bond acceptors (Lipinski definition) is 4. The number of halogens is 2. The molecule has 1 saturated heterocycles. The van der Waals surface area contributed by atoms with E-state index in [1.54, 1.807) is 29.5 Å². The lowest BCUT2D eigenvalue weighted by atomic mass is 10.2. The molecule has 1 aliphatic heterocycles. The first kappa shape index (κ1) is 19.2. The van der Waals surface area contributed by atoms with E-state index >= 15 is 0 Å². The molecule has 2 N–H and O–H groups in total. The van der Waals surface area contributed by atoms with E-state index in [1.165, 1.54) is 0 Å². The van der Waals surface area contributed by atoms with Crippen LogP contribution in [0, 0.1) is 0 Å². The fourth-order valence-electron chi connectivity index (χ4n) is 3.00. The molecule has 2 aromatic rings. The van der Waals surface area contributed by atoms with Gasteiger partial charge in [0, 0.05) is 20.6 Å². The van der Waals surface area contributed by atoms with Gasteiger partial charge in [0.25, 0.3) is 0 Å². The van der Waals surface area contributed by atoms with Gasteiger partial charge in [0.2, 0.25) is 11.8 Å². The lowest BCUT2D eigenvalue weighted by Gasteiger charge is -2.23. The van der Waals surface area contributed by atoms with Gasteiger partial charge in [-0.25, -0.2) is 0 Å². The maximum Gasteiger partial charge on any atom is 0.241 e. The van der Waals surface area contributed by atoms with E-state index < -0.39 is 0 Å². The third-order valence-corrected chi connectivity index (χ3v) is 5.50. The second-order valence-electron chi connectivity index (χ2n) is 6.13. The number of hydrogen-bond donors (Lipinski definition) is 2. The Labute approximate surface area is 166 Å². The maximum absolute atomic E-state index is 12.6. The number of thiophene rings is 1. The SMILES string of the molecule is O=C(CN1CCCC1C(=O)Nc1cc(Cl)cc(Cl)c1)NCc1cccs1. The molecule has 0 bridgehead atoms. The molecule has 26 heavy (non-hydrogen) atoms. The minimum Gasteiger partial charge on any atom is -0.350 e. The lowest BCUT2D eigenvalue weighted by molar-refractivity contribution is -0.124. The van der Waals surface area contributed by atoms with E-state index in [0.29, 0.717) is 22.3 Å². The third kappa shape index (κ3) is 5.20. The van der Waals surface area contributed by atoms with Crippen LogP contribution >= 0.6 is 34.5 Å². The van der Waals surface area contributed by atoms with Crippen LogP contribution in [0.15, 0.2) is 35.7 Å². The van der Waals surface area contributed by atoms with Gasteiger partial charge >= 0.3 is 0 Å². The summed E-state index contributed by atoms with van der Waals surface area (Å²) in [6.45, 7) is 1.45. The van der Waals surface area contributed by atoms with Gasteiger partial charge in [0.05, 0.1) is 19.1 Å². The summed E-state index contributed by atoms with van der Waals surface area (Å²) in [6.07, 6.45) is 1.60. The van der Waals surface area contributed by atoms with Crippen LogP contribution in [0.2, 0.25) is 10.0 Å². The first-order valence-electron chi connectivity index (χ1n) is 8.31. The van der Waals surface area contributed by atoms with Crippen molar-refractivity contribution in [2.45, 2.75) is 25.4 Å². The van der Waals surface area contributed by atoms with Crippen LogP contribution in [0.1, 0.15) is 17.7 Å². The van der Waals surface area contributed by atoms with Crippen molar-refractivity contribution in [2.24, 2.45) is 0 Å². The van der Waals surface area contributed by atoms with E-state index in [1.807, 2.05) is 22.4 Å². The van der Waals surface area contributed by atoms with E-state index in [9.17, 15) is 9.59 Å². The molecule has 3 rings (SSSR count). The first-order valence-corrected chi connectivity index (χ1v) is 9.95. The molecule has 1 aliphatic rings. The summed E-state index contributed by atoms with van der Waals surface area (Å²) in [6, 6.07) is 8.51. The minimum absolute atomic E-state index is 0.0797. The summed E-state index contributed by atoms with van der Waals surface area (Å²) in [7, 11) is 0. The predicted octanol–water partition coefficient (Wildman–Crippen LogP) is 3.77. The fourth-order valence-corrected chi connectivity index (χ4v) is 4.17. The fraction of sp³-hybridized carbons (Fsp3) is 0.333. The van der Waals surface area contributed by atoms with Crippen molar-refractivity contribution >= 4 is 52.0 Å². The number of benzene rings is 1. The molecule has 138 valence electrons. The summed E-state index contributed by atoms with van der Waals surface area (Å²) in [5.41, 5.74) is 0.557. The van der Waals surface area contributed by atoms with Crippen LogP contribution < -0.4 is 10.6 Å². The van der Waals surface area contributed by atoms with E-state index in [2.05, 4.69) is 10.6 Å². The minimum atomic E-state index is -0.333. The molecule has 0 aliphatic carbocycles. The van der Waals surface area contributed by atoms with Gasteiger partial charge in [-0.2, -0.15) is 0 Å². The molecule has 2 heterocycles. The topological polar surface area (TPSA) is 61.4 Å². The molecule has 8 heteroatoms. The average Bonchev–Trinajstić information content (AvgIpc) is 3.23. The van der Waals surface area contributed by atoms with Gasteiger partial charge in [-0.3, -0.25) is 14.5 Å². The predicted molar refractivity (Wildman–Crippen MR) is 106 cm³/mol. The zero-order valence-electron chi connectivity index (χ0n) is 14.0. The van der Waals surface area contributed by atoms with Crippen molar-refractivity contribution in [3.63, 3.8) is 0 Å². The zero-order valence-corrected chi connectivity index (χ0v) is 16.3. The van der Waals surface area contributed by atoms with Crippen LogP contribution in [0.25, 0.3) is 0 Å². The summed E-state index contributed by atoms with van der Waals surface area (Å²) in [5.74, 6) is -0.226. The summed E-state index contributed by atoms with van der Waals surface area (Å²) >= 11 is 13.5. The number of rotatable bonds is 6. The Morgan fingerprint density at radius 3 is 2.69 bits per heavy atom. The second-order valence-corrected chi connectivity index (χ2v) is 8.04. The normalized spacial score (nSPS) is 17.2. The van der Waals surface area contributed by atoms with Crippen molar-refractivity contribution < 1.29 is 9.59 Å². The van der Waals surface area contributed by atoms with E-state index in [4.69, 9.17) is 23.2 Å². The van der Waals surface area contributed by atoms with E-state index in [0.717, 1.165) is 24.3 Å². The van der Waals surface area contributed by atoms with Crippen molar-refractivity contribution in [2.75, 3.05) is 18.4 Å². The largest absolute Gasteiger partial charge is 0.350 e. The molecule has 1 aromatic heterocycles. The molecule has 0 radical (unpaired) electrons. The Hall–Kier alpha value is -1.60. The molecule has 1 unspecified atom stereocenters. The molecular weight excluding hydrogens is 393 g/mol. The summed E-state index contributed by atoms with van der Waals surface area (Å²) in [4.78, 5) is 27.8. The van der Waals surface area contributed by atoms with Crippen LogP contribution in [-0.4, -0.2) is 35.8 Å². The van der Waals surface area contributed by atoms with Gasteiger partial charge in [-0.1, -0.05) is 29.3 Å². The first-order chi connectivity index (χ1) is 12.5. The summed E-state index contributed by atoms with van der Waals surface area (Å²) < 4.78 is 0. The summed E-state index contributed by atoms with van der Waals surface area (Å²) in [5, 5.41) is 8.64. The monoisotopic (exact) mass is 411 g/mol. The highest BCUT2D eigenvalue weighted by Crippen LogP contribution is 2.24. The van der Waals surface area contributed by atoms with Crippen molar-refractivity contribution in [1.29, 1.82) is 0 Å². The second kappa shape index (κ2) is 8.86. The maximum atomic E-state index is 12.6. The zero-order chi connectivity index (χ0) is 18.5. The number of carbonyl (C=O) groups is 2. The van der Waals surface area contributed by atoms with E-state index in [-0.39, 0.29) is 24.4 Å². The van der Waals surface area contributed by atoms with Crippen LogP contribution in [-0.2, 0) is 16.1 Å². The molecule has 5 nitrogen and oxygen atoms in total.